The van der Waals surface area contributed by atoms with Crippen LogP contribution in [0.25, 0.3) is 0 Å². The van der Waals surface area contributed by atoms with Gasteiger partial charge in [-0.25, -0.2) is 4.39 Å². The van der Waals surface area contributed by atoms with Gasteiger partial charge in [0.2, 0.25) is 0 Å². The van der Waals surface area contributed by atoms with Crippen molar-refractivity contribution in [2.75, 3.05) is 5.73 Å². The van der Waals surface area contributed by atoms with Crippen LogP contribution in [0.3, 0.4) is 0 Å². The number of benzene rings is 2. The highest BCUT2D eigenvalue weighted by atomic mass is 32.2. The number of hydrogen-bond acceptors (Lipinski definition) is 2. The molecule has 0 aliphatic heterocycles. The van der Waals surface area contributed by atoms with Crippen molar-refractivity contribution in [3.63, 3.8) is 0 Å². The number of hydrogen-bond donors (Lipinski definition) is 1. The molecule has 0 bridgehead atoms. The molecule has 2 aromatic carbocycles. The maximum Gasteiger partial charge on any atom is 0.141 e. The monoisotopic (exact) mass is 291 g/mol. The van der Waals surface area contributed by atoms with Gasteiger partial charge in [-0.2, -0.15) is 0 Å². The summed E-state index contributed by atoms with van der Waals surface area (Å²) in [5.74, 6) is -0.190. The topological polar surface area (TPSA) is 43.1 Å². The number of nitrogen functional groups attached to an aromatic ring is 1. The largest absolute Gasteiger partial charge is 0.399 e. The third-order valence-corrected chi connectivity index (χ3v) is 4.69. The lowest BCUT2D eigenvalue weighted by atomic mass is 10.0. The molecule has 0 saturated carbocycles. The summed E-state index contributed by atoms with van der Waals surface area (Å²) >= 11 is 0. The standard InChI is InChI=1S/C16H18FNOS/c1-10-6-11(2)14(12(3)7-10)9-20(19)16-5-4-13(18)8-15(16)17/h4-8H,9,18H2,1-3H3. The maximum atomic E-state index is 13.8. The molecule has 0 aromatic heterocycles. The summed E-state index contributed by atoms with van der Waals surface area (Å²) in [7, 11) is -1.41. The summed E-state index contributed by atoms with van der Waals surface area (Å²) in [5.41, 5.74) is 10.2. The Bertz CT molecular complexity index is 659. The van der Waals surface area contributed by atoms with Crippen molar-refractivity contribution in [3.8, 4) is 0 Å². The molecule has 4 heteroatoms. The second-order valence-corrected chi connectivity index (χ2v) is 6.48. The van der Waals surface area contributed by atoms with Gasteiger partial charge in [-0.15, -0.1) is 0 Å². The highest BCUT2D eigenvalue weighted by Crippen LogP contribution is 2.23. The van der Waals surface area contributed by atoms with Gasteiger partial charge in [-0.1, -0.05) is 17.7 Å². The lowest BCUT2D eigenvalue weighted by Crippen LogP contribution is -2.04. The second kappa shape index (κ2) is 5.75. The SMILES string of the molecule is Cc1cc(C)c(CS(=O)c2ccc(N)cc2F)c(C)c1. The Morgan fingerprint density at radius 2 is 1.70 bits per heavy atom. The molecule has 1 unspecified atom stereocenters. The molecule has 0 aliphatic carbocycles. The van der Waals surface area contributed by atoms with E-state index in [0.29, 0.717) is 11.4 Å². The van der Waals surface area contributed by atoms with Crippen molar-refractivity contribution in [2.24, 2.45) is 0 Å². The van der Waals surface area contributed by atoms with Crippen LogP contribution in [-0.4, -0.2) is 4.21 Å². The first kappa shape index (κ1) is 14.7. The quantitative estimate of drug-likeness (QED) is 0.877. The zero-order valence-electron chi connectivity index (χ0n) is 11.9. The smallest absolute Gasteiger partial charge is 0.141 e. The van der Waals surface area contributed by atoms with Crippen molar-refractivity contribution >= 4 is 16.5 Å². The summed E-state index contributed by atoms with van der Waals surface area (Å²) in [5, 5.41) is 0. The fraction of sp³-hybridized carbons (Fsp3) is 0.250. The van der Waals surface area contributed by atoms with Crippen LogP contribution in [-0.2, 0) is 16.6 Å². The van der Waals surface area contributed by atoms with Gasteiger partial charge >= 0.3 is 0 Å². The van der Waals surface area contributed by atoms with E-state index in [2.05, 4.69) is 12.1 Å². The van der Waals surface area contributed by atoms with Crippen LogP contribution in [0.2, 0.25) is 0 Å². The zero-order chi connectivity index (χ0) is 14.9. The summed E-state index contributed by atoms with van der Waals surface area (Å²) in [6, 6.07) is 8.39. The van der Waals surface area contributed by atoms with Gasteiger partial charge in [0.1, 0.15) is 5.82 Å². The van der Waals surface area contributed by atoms with Crippen molar-refractivity contribution in [2.45, 2.75) is 31.4 Å². The van der Waals surface area contributed by atoms with E-state index in [1.165, 1.54) is 17.7 Å². The summed E-state index contributed by atoms with van der Waals surface area (Å²) in [6.45, 7) is 6.01. The van der Waals surface area contributed by atoms with Crippen LogP contribution >= 0.6 is 0 Å². The number of nitrogens with two attached hydrogens (primary N) is 1. The molecule has 0 heterocycles. The molecule has 2 nitrogen and oxygen atoms in total. The van der Waals surface area contributed by atoms with Gasteiger partial charge in [0.05, 0.1) is 21.4 Å². The van der Waals surface area contributed by atoms with Crippen molar-refractivity contribution in [3.05, 3.63) is 58.4 Å². The molecule has 2 aromatic rings. The van der Waals surface area contributed by atoms with E-state index in [1.807, 2.05) is 20.8 Å². The Kier molecular flexibility index (Phi) is 4.23. The van der Waals surface area contributed by atoms with Crippen LogP contribution in [0.1, 0.15) is 22.3 Å². The molecule has 0 fully saturated rings. The molecule has 20 heavy (non-hydrogen) atoms. The number of rotatable bonds is 3. The average molecular weight is 291 g/mol. The molecular weight excluding hydrogens is 273 g/mol. The van der Waals surface area contributed by atoms with Crippen LogP contribution < -0.4 is 5.73 Å². The van der Waals surface area contributed by atoms with Gasteiger partial charge in [0.25, 0.3) is 0 Å². The molecule has 0 amide bonds. The minimum Gasteiger partial charge on any atom is -0.399 e. The minimum absolute atomic E-state index is 0.207. The van der Waals surface area contributed by atoms with E-state index in [9.17, 15) is 8.60 Å². The Hall–Kier alpha value is -1.68. The zero-order valence-corrected chi connectivity index (χ0v) is 12.7. The molecule has 0 radical (unpaired) electrons. The van der Waals surface area contributed by atoms with Crippen molar-refractivity contribution in [1.29, 1.82) is 0 Å². The normalized spacial score (nSPS) is 12.4. The fourth-order valence-corrected chi connectivity index (χ4v) is 3.72. The molecule has 106 valence electrons. The lowest BCUT2D eigenvalue weighted by Gasteiger charge is -2.11. The molecule has 0 spiro atoms. The first-order chi connectivity index (χ1) is 9.38. The van der Waals surface area contributed by atoms with E-state index in [1.54, 1.807) is 6.07 Å². The molecule has 2 rings (SSSR count). The third-order valence-electron chi connectivity index (χ3n) is 3.32. The van der Waals surface area contributed by atoms with Crippen molar-refractivity contribution < 1.29 is 8.60 Å². The van der Waals surface area contributed by atoms with Gasteiger partial charge in [-0.3, -0.25) is 4.21 Å². The Morgan fingerprint density at radius 3 is 2.25 bits per heavy atom. The molecule has 0 saturated heterocycles. The van der Waals surface area contributed by atoms with Crippen molar-refractivity contribution in [1.82, 2.24) is 0 Å². The number of halogens is 1. The summed E-state index contributed by atoms with van der Waals surface area (Å²) in [6.07, 6.45) is 0. The van der Waals surface area contributed by atoms with Gasteiger partial charge in [0.15, 0.2) is 0 Å². The van der Waals surface area contributed by atoms with Gasteiger partial charge in [0, 0.05) is 5.69 Å². The maximum absolute atomic E-state index is 13.8. The van der Waals surface area contributed by atoms with E-state index >= 15 is 0 Å². The second-order valence-electron chi connectivity index (χ2n) is 5.06. The first-order valence-electron chi connectivity index (χ1n) is 6.38. The van der Waals surface area contributed by atoms with Crippen LogP contribution in [0.4, 0.5) is 10.1 Å². The fourth-order valence-electron chi connectivity index (χ4n) is 2.35. The lowest BCUT2D eigenvalue weighted by molar-refractivity contribution is 0.596. The first-order valence-corrected chi connectivity index (χ1v) is 7.70. The summed E-state index contributed by atoms with van der Waals surface area (Å²) < 4.78 is 26.2. The highest BCUT2D eigenvalue weighted by Gasteiger charge is 2.14. The predicted molar refractivity (Wildman–Crippen MR) is 81.6 cm³/mol. The molecule has 2 N–H and O–H groups in total. The number of anilines is 1. The van der Waals surface area contributed by atoms with Gasteiger partial charge < -0.3 is 5.73 Å². The predicted octanol–water partition coefficient (Wildman–Crippen LogP) is 3.64. The Labute approximate surface area is 121 Å². The minimum atomic E-state index is -1.41. The summed E-state index contributed by atoms with van der Waals surface area (Å²) in [4.78, 5) is 0.207. The van der Waals surface area contributed by atoms with Crippen LogP contribution in [0.5, 0.6) is 0 Å². The molecule has 0 aliphatic rings. The van der Waals surface area contributed by atoms with Crippen LogP contribution in [0.15, 0.2) is 35.2 Å². The van der Waals surface area contributed by atoms with E-state index in [-0.39, 0.29) is 4.90 Å². The van der Waals surface area contributed by atoms with E-state index in [4.69, 9.17) is 5.73 Å². The van der Waals surface area contributed by atoms with Crippen LogP contribution in [0, 0.1) is 26.6 Å². The number of aryl methyl sites for hydroxylation is 3. The average Bonchev–Trinajstić information content (AvgIpc) is 2.33. The van der Waals surface area contributed by atoms with E-state index < -0.39 is 16.6 Å². The molecular formula is C16H18FNOS. The van der Waals surface area contributed by atoms with Gasteiger partial charge in [-0.05, 0) is 55.7 Å². The third kappa shape index (κ3) is 3.07. The Balaban J connectivity index is 2.33. The molecule has 1 atom stereocenters. The highest BCUT2D eigenvalue weighted by molar-refractivity contribution is 7.84. The Morgan fingerprint density at radius 1 is 1.10 bits per heavy atom. The van der Waals surface area contributed by atoms with E-state index in [0.717, 1.165) is 16.7 Å².